The van der Waals surface area contributed by atoms with Crippen molar-refractivity contribution in [1.82, 2.24) is 9.55 Å². The first kappa shape index (κ1) is 9.38. The number of ether oxygens (including phenoxy) is 1. The first-order valence-corrected chi connectivity index (χ1v) is 5.25. The largest absolute Gasteiger partial charge is 0.463 e. The molecule has 0 spiro atoms. The van der Waals surface area contributed by atoms with E-state index in [1.54, 1.807) is 4.57 Å². The van der Waals surface area contributed by atoms with Gasteiger partial charge in [0.2, 0.25) is 0 Å². The summed E-state index contributed by atoms with van der Waals surface area (Å²) in [5.41, 5.74) is 0.516. The molecule has 0 bridgehead atoms. The van der Waals surface area contributed by atoms with Gasteiger partial charge in [0, 0.05) is 13.0 Å². The molecule has 1 aromatic heterocycles. The molecule has 3 rings (SSSR count). The standard InChI is InChI=1S/C10H11N3O3/c14-6-8-9(12-2-1-7(15)5-12)11-10-13(8)3-4-16-10/h6H,1-5H2. The number of ketones is 1. The quantitative estimate of drug-likeness (QED) is 0.651. The highest BCUT2D eigenvalue weighted by molar-refractivity contribution is 5.89. The summed E-state index contributed by atoms with van der Waals surface area (Å²) < 4.78 is 7.04. The number of carbonyl (C=O) groups excluding carboxylic acids is 2. The summed E-state index contributed by atoms with van der Waals surface area (Å²) in [7, 11) is 0. The molecular formula is C10H11N3O3. The van der Waals surface area contributed by atoms with Crippen LogP contribution < -0.4 is 9.64 Å². The maximum absolute atomic E-state index is 11.2. The Morgan fingerprint density at radius 1 is 1.38 bits per heavy atom. The van der Waals surface area contributed by atoms with Crippen molar-refractivity contribution in [3.8, 4) is 6.01 Å². The molecule has 0 atom stereocenters. The predicted octanol–water partition coefficient (Wildman–Crippen LogP) is -0.133. The van der Waals surface area contributed by atoms with E-state index < -0.39 is 0 Å². The van der Waals surface area contributed by atoms with Crippen LogP contribution in [0.1, 0.15) is 16.9 Å². The van der Waals surface area contributed by atoms with Crippen LogP contribution >= 0.6 is 0 Å². The molecule has 3 heterocycles. The number of nitrogens with zero attached hydrogens (tertiary/aromatic N) is 3. The van der Waals surface area contributed by atoms with Gasteiger partial charge >= 0.3 is 0 Å². The van der Waals surface area contributed by atoms with Crippen molar-refractivity contribution in [2.24, 2.45) is 0 Å². The number of fused-ring (bicyclic) bond motifs is 1. The third-order valence-electron chi connectivity index (χ3n) is 2.94. The van der Waals surface area contributed by atoms with Crippen LogP contribution in [0, 0.1) is 0 Å². The minimum absolute atomic E-state index is 0.186. The molecule has 1 aromatic rings. The fraction of sp³-hybridized carbons (Fsp3) is 0.500. The summed E-state index contributed by atoms with van der Waals surface area (Å²) in [5, 5.41) is 0. The molecule has 0 aliphatic carbocycles. The van der Waals surface area contributed by atoms with Crippen molar-refractivity contribution in [2.75, 3.05) is 24.6 Å². The molecule has 0 saturated carbocycles. The number of imidazole rings is 1. The van der Waals surface area contributed by atoms with Gasteiger partial charge in [-0.25, -0.2) is 0 Å². The van der Waals surface area contributed by atoms with Gasteiger partial charge in [0.1, 0.15) is 12.3 Å². The number of aldehydes is 1. The molecule has 0 unspecified atom stereocenters. The molecule has 2 aliphatic heterocycles. The van der Waals surface area contributed by atoms with Gasteiger partial charge in [0.15, 0.2) is 17.9 Å². The summed E-state index contributed by atoms with van der Waals surface area (Å²) >= 11 is 0. The zero-order valence-electron chi connectivity index (χ0n) is 8.68. The normalized spacial score (nSPS) is 18.8. The Labute approximate surface area is 91.8 Å². The molecule has 6 heteroatoms. The summed E-state index contributed by atoms with van der Waals surface area (Å²) in [5.74, 6) is 0.765. The Kier molecular flexibility index (Phi) is 1.95. The monoisotopic (exact) mass is 221 g/mol. The van der Waals surface area contributed by atoms with Gasteiger partial charge in [-0.05, 0) is 0 Å². The first-order valence-electron chi connectivity index (χ1n) is 5.25. The number of carbonyl (C=O) groups is 2. The third-order valence-corrected chi connectivity index (χ3v) is 2.94. The van der Waals surface area contributed by atoms with Gasteiger partial charge in [-0.1, -0.05) is 0 Å². The van der Waals surface area contributed by atoms with Gasteiger partial charge in [0.05, 0.1) is 13.1 Å². The van der Waals surface area contributed by atoms with E-state index in [0.717, 1.165) is 6.29 Å². The molecule has 0 aromatic carbocycles. The van der Waals surface area contributed by atoms with Crippen molar-refractivity contribution in [3.63, 3.8) is 0 Å². The lowest BCUT2D eigenvalue weighted by Crippen LogP contribution is -2.22. The van der Waals surface area contributed by atoms with Crippen LogP contribution in [0.4, 0.5) is 5.82 Å². The van der Waals surface area contributed by atoms with Crippen molar-refractivity contribution < 1.29 is 14.3 Å². The highest BCUT2D eigenvalue weighted by atomic mass is 16.5. The highest BCUT2D eigenvalue weighted by Gasteiger charge is 2.29. The Bertz CT molecular complexity index is 466. The number of anilines is 1. The van der Waals surface area contributed by atoms with E-state index in [4.69, 9.17) is 4.74 Å². The molecule has 84 valence electrons. The first-order chi connectivity index (χ1) is 7.79. The minimum Gasteiger partial charge on any atom is -0.463 e. The summed E-state index contributed by atoms with van der Waals surface area (Å²) in [6.07, 6.45) is 1.31. The maximum atomic E-state index is 11.2. The second-order valence-corrected chi connectivity index (χ2v) is 3.93. The van der Waals surface area contributed by atoms with Crippen molar-refractivity contribution >= 4 is 17.9 Å². The molecule has 0 radical (unpaired) electrons. The molecule has 0 N–H and O–H groups in total. The molecule has 1 fully saturated rings. The average molecular weight is 221 g/mol. The second kappa shape index (κ2) is 3.33. The lowest BCUT2D eigenvalue weighted by atomic mass is 10.4. The fourth-order valence-corrected chi connectivity index (χ4v) is 2.15. The van der Waals surface area contributed by atoms with Crippen LogP contribution in [0.3, 0.4) is 0 Å². The van der Waals surface area contributed by atoms with Crippen molar-refractivity contribution in [2.45, 2.75) is 13.0 Å². The summed E-state index contributed by atoms with van der Waals surface area (Å²) in [6.45, 7) is 2.19. The van der Waals surface area contributed by atoms with Crippen LogP contribution in [0.25, 0.3) is 0 Å². The lowest BCUT2D eigenvalue weighted by Gasteiger charge is -2.13. The number of rotatable bonds is 2. The SMILES string of the molecule is O=Cc1c(N2CCC(=O)C2)nc2n1CCO2. The van der Waals surface area contributed by atoms with Gasteiger partial charge in [0.25, 0.3) is 6.01 Å². The Hall–Kier alpha value is -1.85. The van der Waals surface area contributed by atoms with E-state index in [2.05, 4.69) is 4.98 Å². The van der Waals surface area contributed by atoms with E-state index in [9.17, 15) is 9.59 Å². The Balaban J connectivity index is 2.01. The van der Waals surface area contributed by atoms with E-state index in [1.165, 1.54) is 0 Å². The number of hydrogen-bond acceptors (Lipinski definition) is 5. The van der Waals surface area contributed by atoms with Crippen LogP contribution in [0.2, 0.25) is 0 Å². The second-order valence-electron chi connectivity index (χ2n) is 3.93. The molecule has 1 saturated heterocycles. The van der Waals surface area contributed by atoms with Crippen LogP contribution in [-0.4, -0.2) is 41.3 Å². The highest BCUT2D eigenvalue weighted by Crippen LogP contribution is 2.28. The molecule has 2 aliphatic rings. The van der Waals surface area contributed by atoms with E-state index >= 15 is 0 Å². The molecule has 6 nitrogen and oxygen atoms in total. The number of hydrogen-bond donors (Lipinski definition) is 0. The molecule has 0 amide bonds. The summed E-state index contributed by atoms with van der Waals surface area (Å²) in [4.78, 5) is 28.4. The van der Waals surface area contributed by atoms with Crippen molar-refractivity contribution in [3.05, 3.63) is 5.69 Å². The van der Waals surface area contributed by atoms with Crippen LogP contribution in [0.5, 0.6) is 6.01 Å². The van der Waals surface area contributed by atoms with Gasteiger partial charge in [-0.3, -0.25) is 14.2 Å². The van der Waals surface area contributed by atoms with Crippen LogP contribution in [-0.2, 0) is 11.3 Å². The average Bonchev–Trinajstić information content (AvgIpc) is 2.90. The molecule has 16 heavy (non-hydrogen) atoms. The smallest absolute Gasteiger partial charge is 0.299 e. The fourth-order valence-electron chi connectivity index (χ4n) is 2.15. The van der Waals surface area contributed by atoms with Gasteiger partial charge in [-0.15, -0.1) is 0 Å². The van der Waals surface area contributed by atoms with E-state index in [-0.39, 0.29) is 5.78 Å². The third kappa shape index (κ3) is 1.22. The van der Waals surface area contributed by atoms with Crippen LogP contribution in [0.15, 0.2) is 0 Å². The lowest BCUT2D eigenvalue weighted by molar-refractivity contribution is -0.116. The minimum atomic E-state index is 0.186. The summed E-state index contributed by atoms with van der Waals surface area (Å²) in [6, 6.07) is 0.483. The van der Waals surface area contributed by atoms with E-state index in [1.807, 2.05) is 4.90 Å². The maximum Gasteiger partial charge on any atom is 0.299 e. The van der Waals surface area contributed by atoms with Crippen molar-refractivity contribution in [1.29, 1.82) is 0 Å². The Morgan fingerprint density at radius 3 is 2.94 bits per heavy atom. The number of aromatic nitrogens is 2. The number of Topliss-reactive ketones (excluding diaryl/α,β-unsaturated/α-hetero) is 1. The molecular weight excluding hydrogens is 210 g/mol. The Morgan fingerprint density at radius 2 is 2.25 bits per heavy atom. The van der Waals surface area contributed by atoms with E-state index in [0.29, 0.717) is 50.2 Å². The topological polar surface area (TPSA) is 64.4 Å². The van der Waals surface area contributed by atoms with Gasteiger partial charge < -0.3 is 9.64 Å². The zero-order chi connectivity index (χ0) is 11.1. The predicted molar refractivity (Wildman–Crippen MR) is 54.9 cm³/mol. The zero-order valence-corrected chi connectivity index (χ0v) is 8.68. The van der Waals surface area contributed by atoms with Gasteiger partial charge in [-0.2, -0.15) is 4.98 Å².